The topological polar surface area (TPSA) is 85.1 Å². The van der Waals surface area contributed by atoms with Gasteiger partial charge in [-0.2, -0.15) is 5.10 Å². The number of carbonyl (C=O) groups excluding carboxylic acids is 1. The maximum atomic E-state index is 13.4. The molecular weight excluding hydrogens is 496 g/mol. The molecule has 0 saturated carbocycles. The number of hydrogen-bond acceptors (Lipinski definition) is 6. The minimum Gasteiger partial charge on any atom is -0.372 e. The average molecular weight is 523 g/mol. The van der Waals surface area contributed by atoms with Gasteiger partial charge in [-0.3, -0.25) is 14.2 Å². The fourth-order valence-electron chi connectivity index (χ4n) is 4.54. The Hall–Kier alpha value is -3.30. The molecule has 36 heavy (non-hydrogen) atoms. The number of nitrogens with zero attached hydrogens (tertiary/aromatic N) is 5. The minimum absolute atomic E-state index is 0.129. The van der Waals surface area contributed by atoms with Crippen LogP contribution in [0.5, 0.6) is 0 Å². The van der Waals surface area contributed by atoms with E-state index in [1.54, 1.807) is 21.4 Å². The van der Waals surface area contributed by atoms with Crippen LogP contribution in [0.3, 0.4) is 0 Å². The highest BCUT2D eigenvalue weighted by atomic mass is 35.5. The monoisotopic (exact) mass is 522 g/mol. The van der Waals surface area contributed by atoms with Gasteiger partial charge in [-0.1, -0.05) is 23.4 Å². The van der Waals surface area contributed by atoms with Gasteiger partial charge in [0, 0.05) is 41.7 Å². The van der Waals surface area contributed by atoms with Crippen LogP contribution in [0.1, 0.15) is 31.9 Å². The molecule has 0 saturated heterocycles. The number of thioether (sulfide) groups is 1. The maximum absolute atomic E-state index is 13.4. The Morgan fingerprint density at radius 1 is 1.19 bits per heavy atom. The molecule has 1 aliphatic rings. The van der Waals surface area contributed by atoms with Crippen LogP contribution in [-0.4, -0.2) is 44.1 Å². The van der Waals surface area contributed by atoms with E-state index in [1.165, 1.54) is 18.0 Å². The van der Waals surface area contributed by atoms with E-state index in [1.807, 2.05) is 31.2 Å². The molecule has 2 aromatic heterocycles. The molecule has 0 fully saturated rings. The molecule has 0 bridgehead atoms. The van der Waals surface area contributed by atoms with Gasteiger partial charge in [0.25, 0.3) is 5.56 Å². The van der Waals surface area contributed by atoms with Crippen molar-refractivity contribution >= 4 is 51.7 Å². The molecule has 5 rings (SSSR count). The van der Waals surface area contributed by atoms with Crippen molar-refractivity contribution in [2.45, 2.75) is 38.4 Å². The highest BCUT2D eigenvalue weighted by Crippen LogP contribution is 2.34. The van der Waals surface area contributed by atoms with Crippen molar-refractivity contribution in [3.05, 3.63) is 69.6 Å². The summed E-state index contributed by atoms with van der Waals surface area (Å²) in [5, 5.41) is 9.05. The van der Waals surface area contributed by atoms with Crippen molar-refractivity contribution in [2.75, 3.05) is 29.1 Å². The molecule has 0 radical (unpaired) electrons. The zero-order valence-electron chi connectivity index (χ0n) is 20.4. The largest absolute Gasteiger partial charge is 0.372 e. The predicted molar refractivity (Wildman–Crippen MR) is 146 cm³/mol. The molecule has 8 nitrogen and oxygen atoms in total. The van der Waals surface area contributed by atoms with Crippen LogP contribution in [0.4, 0.5) is 11.4 Å². The third kappa shape index (κ3) is 4.49. The van der Waals surface area contributed by atoms with Crippen LogP contribution < -0.4 is 15.8 Å². The first-order valence-electron chi connectivity index (χ1n) is 11.9. The summed E-state index contributed by atoms with van der Waals surface area (Å²) >= 11 is 7.49. The van der Waals surface area contributed by atoms with Gasteiger partial charge < -0.3 is 10.2 Å². The number of nitrogens with one attached hydrogen (secondary N) is 1. The highest BCUT2D eigenvalue weighted by molar-refractivity contribution is 7.99. The number of amides is 1. The molecule has 2 aromatic carbocycles. The number of fused-ring (bicyclic) bond motifs is 2. The Kier molecular flexibility index (Phi) is 6.77. The molecule has 4 aromatic rings. The Morgan fingerprint density at radius 3 is 2.64 bits per heavy atom. The molecule has 1 aliphatic heterocycles. The number of aryl methyl sites for hydroxylation is 1. The molecule has 0 spiro atoms. The summed E-state index contributed by atoms with van der Waals surface area (Å²) in [5.74, 6) is 0.479. The fourth-order valence-corrected chi connectivity index (χ4v) is 5.80. The van der Waals surface area contributed by atoms with Crippen molar-refractivity contribution in [2.24, 2.45) is 0 Å². The van der Waals surface area contributed by atoms with Gasteiger partial charge in [0.05, 0.1) is 17.9 Å². The molecule has 3 heterocycles. The Morgan fingerprint density at radius 2 is 1.94 bits per heavy atom. The molecule has 1 N–H and O–H groups in total. The summed E-state index contributed by atoms with van der Waals surface area (Å²) in [5.41, 5.74) is 4.01. The normalized spacial score (nSPS) is 14.7. The molecule has 186 valence electrons. The lowest BCUT2D eigenvalue weighted by Crippen LogP contribution is -2.28. The summed E-state index contributed by atoms with van der Waals surface area (Å²) in [7, 11) is 0. The smallest absolute Gasteiger partial charge is 0.265 e. The van der Waals surface area contributed by atoms with Crippen LogP contribution in [0, 0.1) is 6.92 Å². The Balaban J connectivity index is 1.37. The van der Waals surface area contributed by atoms with Crippen molar-refractivity contribution in [1.29, 1.82) is 0 Å². The zero-order chi connectivity index (χ0) is 25.4. The number of carbonyl (C=O) groups is 1. The molecule has 0 aliphatic carbocycles. The van der Waals surface area contributed by atoms with E-state index in [-0.39, 0.29) is 23.9 Å². The lowest BCUT2D eigenvalue weighted by atomic mass is 10.1. The van der Waals surface area contributed by atoms with E-state index in [9.17, 15) is 9.59 Å². The van der Waals surface area contributed by atoms with Crippen molar-refractivity contribution < 1.29 is 4.79 Å². The average Bonchev–Trinajstić information content (AvgIpc) is 3.47. The Labute approximate surface area is 218 Å². The Bertz CT molecular complexity index is 1490. The lowest BCUT2D eigenvalue weighted by Gasteiger charge is -2.22. The van der Waals surface area contributed by atoms with E-state index in [0.717, 1.165) is 35.7 Å². The van der Waals surface area contributed by atoms with Crippen molar-refractivity contribution in [1.82, 2.24) is 19.3 Å². The second-order valence-electron chi connectivity index (χ2n) is 8.73. The van der Waals surface area contributed by atoms with Gasteiger partial charge in [0.2, 0.25) is 5.91 Å². The highest BCUT2D eigenvalue weighted by Gasteiger charge is 2.29. The minimum atomic E-state index is -0.275. The van der Waals surface area contributed by atoms with Crippen molar-refractivity contribution in [3.63, 3.8) is 0 Å². The number of rotatable bonds is 7. The summed E-state index contributed by atoms with van der Waals surface area (Å²) in [4.78, 5) is 33.3. The van der Waals surface area contributed by atoms with Gasteiger partial charge >= 0.3 is 0 Å². The third-order valence-corrected chi connectivity index (χ3v) is 7.83. The van der Waals surface area contributed by atoms with E-state index < -0.39 is 0 Å². The van der Waals surface area contributed by atoms with Gasteiger partial charge in [-0.05, 0) is 68.8 Å². The molecule has 10 heteroatoms. The third-order valence-electron chi connectivity index (χ3n) is 6.48. The van der Waals surface area contributed by atoms with Crippen LogP contribution in [0.2, 0.25) is 5.02 Å². The summed E-state index contributed by atoms with van der Waals surface area (Å²) in [6, 6.07) is 13.0. The SMILES string of the molecule is CCN(CC)c1ccc(NC(=O)CC2CSc3nc4c(cnn4-c4ccc(Cl)cc4)c(=O)n32)c(C)c1. The van der Waals surface area contributed by atoms with E-state index in [4.69, 9.17) is 16.6 Å². The van der Waals surface area contributed by atoms with E-state index in [2.05, 4.69) is 35.2 Å². The first kappa shape index (κ1) is 24.4. The van der Waals surface area contributed by atoms with E-state index >= 15 is 0 Å². The van der Waals surface area contributed by atoms with Crippen LogP contribution in [-0.2, 0) is 4.79 Å². The summed E-state index contributed by atoms with van der Waals surface area (Å²) < 4.78 is 3.27. The number of hydrogen-bond donors (Lipinski definition) is 1. The van der Waals surface area contributed by atoms with Crippen LogP contribution >= 0.6 is 23.4 Å². The first-order valence-corrected chi connectivity index (χ1v) is 13.3. The van der Waals surface area contributed by atoms with Gasteiger partial charge in [-0.15, -0.1) is 0 Å². The quantitative estimate of drug-likeness (QED) is 0.341. The maximum Gasteiger partial charge on any atom is 0.265 e. The van der Waals surface area contributed by atoms with Crippen LogP contribution in [0.25, 0.3) is 16.7 Å². The molecule has 1 atom stereocenters. The van der Waals surface area contributed by atoms with E-state index in [0.29, 0.717) is 27.0 Å². The molecular formula is C26H27ClN6O2S. The van der Waals surface area contributed by atoms with Gasteiger partial charge in [0.1, 0.15) is 5.39 Å². The van der Waals surface area contributed by atoms with Crippen LogP contribution in [0.15, 0.2) is 58.6 Å². The summed E-state index contributed by atoms with van der Waals surface area (Å²) in [6.45, 7) is 8.09. The zero-order valence-corrected chi connectivity index (χ0v) is 21.9. The van der Waals surface area contributed by atoms with Crippen molar-refractivity contribution in [3.8, 4) is 5.69 Å². The second-order valence-corrected chi connectivity index (χ2v) is 10.2. The number of anilines is 2. The number of halogens is 1. The second kappa shape index (κ2) is 9.99. The first-order chi connectivity index (χ1) is 17.4. The molecule has 1 unspecified atom stereocenters. The summed E-state index contributed by atoms with van der Waals surface area (Å²) in [6.07, 6.45) is 1.73. The fraction of sp³-hybridized carbons (Fsp3) is 0.308. The standard InChI is InChI=1S/C26H27ClN6O2S/c1-4-31(5-2)19-10-11-22(16(3)12-19)29-23(34)13-20-15-36-26-30-24-21(25(35)32(20)26)14-28-33(24)18-8-6-17(27)7-9-18/h6-12,14,20H,4-5,13,15H2,1-3H3,(H,29,34). The lowest BCUT2D eigenvalue weighted by molar-refractivity contribution is -0.116. The predicted octanol–water partition coefficient (Wildman–Crippen LogP) is 5.07. The van der Waals surface area contributed by atoms with Gasteiger partial charge in [0.15, 0.2) is 10.8 Å². The number of benzene rings is 2. The number of aromatic nitrogens is 4. The van der Waals surface area contributed by atoms with Gasteiger partial charge in [-0.25, -0.2) is 9.67 Å². The molecule has 1 amide bonds.